The first kappa shape index (κ1) is 17.0. The number of carbonyl (C=O) groups excluding carboxylic acids is 2. The SMILES string of the molecule is CC12CC(NC(=O)c3cc(NC(=O)Cc4ccccc4Cl)ccn3)(C1)C2. The molecule has 0 radical (unpaired) electrons. The molecule has 3 fully saturated rings. The van der Waals surface area contributed by atoms with E-state index in [1.165, 1.54) is 6.20 Å². The molecule has 3 aliphatic rings. The topological polar surface area (TPSA) is 71.1 Å². The highest BCUT2D eigenvalue weighted by Crippen LogP contribution is 2.66. The smallest absolute Gasteiger partial charge is 0.270 e. The summed E-state index contributed by atoms with van der Waals surface area (Å²) in [5.41, 5.74) is 2.02. The Morgan fingerprint density at radius 2 is 1.92 bits per heavy atom. The number of nitrogens with one attached hydrogen (secondary N) is 2. The number of benzene rings is 1. The number of carbonyl (C=O) groups is 2. The monoisotopic (exact) mass is 369 g/mol. The zero-order chi connectivity index (χ0) is 18.4. The van der Waals surface area contributed by atoms with Crippen molar-refractivity contribution >= 4 is 29.1 Å². The summed E-state index contributed by atoms with van der Waals surface area (Å²) in [5, 5.41) is 6.46. The number of nitrogens with zero attached hydrogens (tertiary/aromatic N) is 1. The van der Waals surface area contributed by atoms with E-state index < -0.39 is 0 Å². The molecule has 0 unspecified atom stereocenters. The van der Waals surface area contributed by atoms with Crippen molar-refractivity contribution in [3.8, 4) is 0 Å². The van der Waals surface area contributed by atoms with E-state index in [0.29, 0.717) is 21.8 Å². The normalized spacial score (nSPS) is 25.6. The second kappa shape index (κ2) is 6.09. The Labute approximate surface area is 157 Å². The predicted molar refractivity (Wildman–Crippen MR) is 100 cm³/mol. The van der Waals surface area contributed by atoms with Gasteiger partial charge in [0.2, 0.25) is 5.91 Å². The maximum absolute atomic E-state index is 12.5. The number of hydrogen-bond acceptors (Lipinski definition) is 3. The lowest BCUT2D eigenvalue weighted by atomic mass is 9.40. The third kappa shape index (κ3) is 3.19. The quantitative estimate of drug-likeness (QED) is 0.846. The second-order valence-corrected chi connectivity index (χ2v) is 8.23. The highest BCUT2D eigenvalue weighted by atomic mass is 35.5. The van der Waals surface area contributed by atoms with Crippen molar-refractivity contribution in [2.24, 2.45) is 5.41 Å². The summed E-state index contributed by atoms with van der Waals surface area (Å²) in [6.07, 6.45) is 4.83. The van der Waals surface area contributed by atoms with Crippen molar-refractivity contribution in [3.63, 3.8) is 0 Å². The molecule has 26 heavy (non-hydrogen) atoms. The Kier molecular flexibility index (Phi) is 3.99. The fourth-order valence-electron chi connectivity index (χ4n) is 4.39. The van der Waals surface area contributed by atoms with E-state index in [9.17, 15) is 9.59 Å². The minimum atomic E-state index is -0.192. The van der Waals surface area contributed by atoms with Gasteiger partial charge < -0.3 is 10.6 Å². The van der Waals surface area contributed by atoms with Crippen LogP contribution in [-0.2, 0) is 11.2 Å². The van der Waals surface area contributed by atoms with Gasteiger partial charge in [-0.1, -0.05) is 36.7 Å². The first-order chi connectivity index (χ1) is 12.4. The van der Waals surface area contributed by atoms with E-state index in [1.807, 2.05) is 18.2 Å². The Hall–Kier alpha value is -2.40. The average Bonchev–Trinajstić information content (AvgIpc) is 2.54. The number of anilines is 1. The Balaban J connectivity index is 1.39. The molecular formula is C20H20ClN3O2. The van der Waals surface area contributed by atoms with Crippen LogP contribution in [0.4, 0.5) is 5.69 Å². The first-order valence-electron chi connectivity index (χ1n) is 8.68. The van der Waals surface area contributed by atoms with Crippen LogP contribution >= 0.6 is 11.6 Å². The number of amides is 2. The van der Waals surface area contributed by atoms with Crippen LogP contribution < -0.4 is 10.6 Å². The van der Waals surface area contributed by atoms with E-state index in [1.54, 1.807) is 18.2 Å². The molecular weight excluding hydrogens is 350 g/mol. The Morgan fingerprint density at radius 3 is 2.62 bits per heavy atom. The van der Waals surface area contributed by atoms with Crippen LogP contribution in [0.1, 0.15) is 42.2 Å². The molecule has 2 bridgehead atoms. The molecule has 2 amide bonds. The van der Waals surface area contributed by atoms with Crippen molar-refractivity contribution in [2.75, 3.05) is 5.32 Å². The van der Waals surface area contributed by atoms with Gasteiger partial charge in [0.05, 0.1) is 6.42 Å². The molecule has 5 rings (SSSR count). The minimum absolute atomic E-state index is 0.0309. The molecule has 1 heterocycles. The van der Waals surface area contributed by atoms with Crippen LogP contribution in [0.2, 0.25) is 5.02 Å². The molecule has 3 aliphatic carbocycles. The third-order valence-electron chi connectivity index (χ3n) is 5.26. The number of aromatic nitrogens is 1. The molecule has 0 atom stereocenters. The number of hydrogen-bond donors (Lipinski definition) is 2. The fourth-order valence-corrected chi connectivity index (χ4v) is 4.59. The lowest BCUT2D eigenvalue weighted by Crippen LogP contribution is -2.73. The van der Waals surface area contributed by atoms with Crippen LogP contribution in [-0.4, -0.2) is 22.3 Å². The van der Waals surface area contributed by atoms with E-state index >= 15 is 0 Å². The summed E-state index contributed by atoms with van der Waals surface area (Å²) in [7, 11) is 0. The summed E-state index contributed by atoms with van der Waals surface area (Å²) in [5.74, 6) is -0.378. The zero-order valence-corrected chi connectivity index (χ0v) is 15.3. The summed E-state index contributed by atoms with van der Waals surface area (Å²) in [6.45, 7) is 2.24. The van der Waals surface area contributed by atoms with Crippen LogP contribution in [0.15, 0.2) is 42.6 Å². The minimum Gasteiger partial charge on any atom is -0.345 e. The highest BCUT2D eigenvalue weighted by Gasteiger charge is 2.65. The molecule has 3 saturated carbocycles. The average molecular weight is 370 g/mol. The van der Waals surface area contributed by atoms with Crippen LogP contribution in [0.3, 0.4) is 0 Å². The first-order valence-corrected chi connectivity index (χ1v) is 9.06. The Morgan fingerprint density at radius 1 is 1.19 bits per heavy atom. The maximum Gasteiger partial charge on any atom is 0.270 e. The van der Waals surface area contributed by atoms with E-state index in [-0.39, 0.29) is 23.8 Å². The number of halogens is 1. The van der Waals surface area contributed by atoms with Gasteiger partial charge in [0.25, 0.3) is 5.91 Å². The van der Waals surface area contributed by atoms with Gasteiger partial charge in [-0.3, -0.25) is 14.6 Å². The van der Waals surface area contributed by atoms with Crippen LogP contribution in [0, 0.1) is 5.41 Å². The highest BCUT2D eigenvalue weighted by molar-refractivity contribution is 6.31. The molecule has 1 aromatic carbocycles. The largest absolute Gasteiger partial charge is 0.345 e. The van der Waals surface area contributed by atoms with Crippen LogP contribution in [0.25, 0.3) is 0 Å². The third-order valence-corrected chi connectivity index (χ3v) is 5.63. The molecule has 2 N–H and O–H groups in total. The van der Waals surface area contributed by atoms with E-state index in [2.05, 4.69) is 22.5 Å². The number of pyridine rings is 1. The summed E-state index contributed by atoms with van der Waals surface area (Å²) < 4.78 is 0. The fraction of sp³-hybridized carbons (Fsp3) is 0.350. The molecule has 2 aromatic rings. The molecule has 6 heteroatoms. The van der Waals surface area contributed by atoms with Crippen molar-refractivity contribution < 1.29 is 9.59 Å². The van der Waals surface area contributed by atoms with E-state index in [0.717, 1.165) is 24.8 Å². The van der Waals surface area contributed by atoms with Gasteiger partial charge in [-0.25, -0.2) is 0 Å². The molecule has 0 aliphatic heterocycles. The van der Waals surface area contributed by atoms with Gasteiger partial charge in [-0.15, -0.1) is 0 Å². The molecule has 0 spiro atoms. The molecule has 134 valence electrons. The summed E-state index contributed by atoms with van der Waals surface area (Å²) in [6, 6.07) is 10.5. The van der Waals surface area contributed by atoms with Crippen LogP contribution in [0.5, 0.6) is 0 Å². The predicted octanol–water partition coefficient (Wildman–Crippen LogP) is 3.59. The van der Waals surface area contributed by atoms with Crippen molar-refractivity contribution in [1.29, 1.82) is 0 Å². The molecule has 5 nitrogen and oxygen atoms in total. The lowest BCUT2D eigenvalue weighted by molar-refractivity contribution is -0.132. The molecule has 1 aromatic heterocycles. The summed E-state index contributed by atoms with van der Waals surface area (Å²) in [4.78, 5) is 28.8. The van der Waals surface area contributed by atoms with Gasteiger partial charge in [0, 0.05) is 22.4 Å². The zero-order valence-electron chi connectivity index (χ0n) is 14.5. The van der Waals surface area contributed by atoms with Crippen molar-refractivity contribution in [1.82, 2.24) is 10.3 Å². The van der Waals surface area contributed by atoms with Gasteiger partial charge in [-0.2, -0.15) is 0 Å². The second-order valence-electron chi connectivity index (χ2n) is 7.82. The van der Waals surface area contributed by atoms with Gasteiger partial charge >= 0.3 is 0 Å². The van der Waals surface area contributed by atoms with Gasteiger partial charge in [0.1, 0.15) is 5.69 Å². The van der Waals surface area contributed by atoms with Gasteiger partial charge in [0.15, 0.2) is 0 Å². The van der Waals surface area contributed by atoms with Crippen molar-refractivity contribution in [3.05, 3.63) is 58.9 Å². The van der Waals surface area contributed by atoms with E-state index in [4.69, 9.17) is 11.6 Å². The summed E-state index contributed by atoms with van der Waals surface area (Å²) >= 11 is 6.09. The Bertz CT molecular complexity index is 876. The van der Waals surface area contributed by atoms with Gasteiger partial charge in [-0.05, 0) is 48.4 Å². The lowest BCUT2D eigenvalue weighted by Gasteiger charge is -2.69. The number of rotatable bonds is 5. The molecule has 0 saturated heterocycles. The van der Waals surface area contributed by atoms with Crippen molar-refractivity contribution in [2.45, 2.75) is 38.1 Å². The maximum atomic E-state index is 12.5. The standard InChI is InChI=1S/C20H20ClN3O2/c1-19-10-20(11-19,12-19)24-18(26)16-9-14(6-7-22-16)23-17(25)8-13-4-2-3-5-15(13)21/h2-7,9H,8,10-12H2,1H3,(H,24,26)(H,22,23,25).